The maximum Gasteiger partial charge on any atom is 0.171 e. The number of aromatic nitrogens is 1. The van der Waals surface area contributed by atoms with Gasteiger partial charge < -0.3 is 9.42 Å². The molecule has 1 saturated heterocycles. The molecule has 94 valence electrons. The van der Waals surface area contributed by atoms with Gasteiger partial charge in [0, 0.05) is 25.1 Å². The summed E-state index contributed by atoms with van der Waals surface area (Å²) < 4.78 is 5.15. The zero-order chi connectivity index (χ0) is 12.3. The minimum Gasteiger partial charge on any atom is -0.361 e. The summed E-state index contributed by atoms with van der Waals surface area (Å²) >= 11 is 0. The molecular formula is C13H20N2O2. The number of hydrogen-bond acceptors (Lipinski definition) is 4. The molecule has 1 fully saturated rings. The third-order valence-corrected chi connectivity index (χ3v) is 3.47. The lowest BCUT2D eigenvalue weighted by atomic mass is 9.93. The summed E-state index contributed by atoms with van der Waals surface area (Å²) in [6.07, 6.45) is 4.11. The number of carbonyl (C=O) groups excluding carboxylic acids is 1. The molecule has 1 aromatic rings. The van der Waals surface area contributed by atoms with E-state index in [1.54, 1.807) is 6.07 Å². The van der Waals surface area contributed by atoms with Gasteiger partial charge in [0.05, 0.1) is 0 Å². The van der Waals surface area contributed by atoms with Crippen LogP contribution in [0.25, 0.3) is 0 Å². The molecule has 0 saturated carbocycles. The van der Waals surface area contributed by atoms with E-state index in [4.69, 9.17) is 4.52 Å². The molecule has 0 aliphatic carbocycles. The van der Waals surface area contributed by atoms with Crippen LogP contribution in [0.3, 0.4) is 0 Å². The number of likely N-dealkylation sites (tertiary alicyclic amines) is 1. The first-order valence-electron chi connectivity index (χ1n) is 6.34. The highest BCUT2D eigenvalue weighted by Crippen LogP contribution is 2.22. The van der Waals surface area contributed by atoms with Crippen molar-refractivity contribution in [2.75, 3.05) is 13.1 Å². The Bertz CT molecular complexity index is 373. The van der Waals surface area contributed by atoms with E-state index in [-0.39, 0.29) is 0 Å². The van der Waals surface area contributed by atoms with Crippen molar-refractivity contribution in [2.24, 2.45) is 5.92 Å². The largest absolute Gasteiger partial charge is 0.361 e. The van der Waals surface area contributed by atoms with Crippen LogP contribution < -0.4 is 0 Å². The maximum atomic E-state index is 10.5. The number of carbonyl (C=O) groups is 1. The standard InChI is InChI=1S/C13H20N2O2/c1-10(2)15-5-3-4-11(8-15)6-13-7-12(9-16)14-17-13/h7,9-11H,3-6,8H2,1-2H3. The smallest absolute Gasteiger partial charge is 0.171 e. The molecule has 0 spiro atoms. The van der Waals surface area contributed by atoms with Crippen molar-refractivity contribution >= 4 is 6.29 Å². The van der Waals surface area contributed by atoms with Crippen molar-refractivity contribution in [3.05, 3.63) is 17.5 Å². The van der Waals surface area contributed by atoms with Gasteiger partial charge in [-0.2, -0.15) is 0 Å². The van der Waals surface area contributed by atoms with Crippen molar-refractivity contribution in [3.63, 3.8) is 0 Å². The van der Waals surface area contributed by atoms with Gasteiger partial charge in [0.15, 0.2) is 6.29 Å². The summed E-state index contributed by atoms with van der Waals surface area (Å²) in [5.41, 5.74) is 0.400. The lowest BCUT2D eigenvalue weighted by Gasteiger charge is -2.35. The number of nitrogens with zero attached hydrogens (tertiary/aromatic N) is 2. The van der Waals surface area contributed by atoms with E-state index < -0.39 is 0 Å². The van der Waals surface area contributed by atoms with Crippen molar-refractivity contribution in [1.82, 2.24) is 10.1 Å². The molecular weight excluding hydrogens is 216 g/mol. The lowest BCUT2D eigenvalue weighted by Crippen LogP contribution is -2.40. The van der Waals surface area contributed by atoms with Gasteiger partial charge in [0.2, 0.25) is 0 Å². The second-order valence-electron chi connectivity index (χ2n) is 5.14. The average molecular weight is 236 g/mol. The van der Waals surface area contributed by atoms with E-state index in [9.17, 15) is 4.79 Å². The fraction of sp³-hybridized carbons (Fsp3) is 0.692. The first-order valence-corrected chi connectivity index (χ1v) is 6.34. The fourth-order valence-corrected chi connectivity index (χ4v) is 2.50. The molecule has 0 bridgehead atoms. The van der Waals surface area contributed by atoms with Gasteiger partial charge in [0.25, 0.3) is 0 Å². The molecule has 1 aromatic heterocycles. The highest BCUT2D eigenvalue weighted by molar-refractivity contribution is 5.71. The van der Waals surface area contributed by atoms with Gasteiger partial charge in [-0.05, 0) is 39.2 Å². The van der Waals surface area contributed by atoms with E-state index in [1.165, 1.54) is 19.4 Å². The van der Waals surface area contributed by atoms with Crippen molar-refractivity contribution in [3.8, 4) is 0 Å². The molecule has 1 aliphatic heterocycles. The summed E-state index contributed by atoms with van der Waals surface area (Å²) in [6.45, 7) is 6.79. The summed E-state index contributed by atoms with van der Waals surface area (Å²) in [7, 11) is 0. The van der Waals surface area contributed by atoms with E-state index in [1.807, 2.05) is 0 Å². The molecule has 0 N–H and O–H groups in total. The van der Waals surface area contributed by atoms with Crippen LogP contribution in [0.4, 0.5) is 0 Å². The number of hydrogen-bond donors (Lipinski definition) is 0. The van der Waals surface area contributed by atoms with Crippen LogP contribution in [0.15, 0.2) is 10.6 Å². The van der Waals surface area contributed by atoms with Gasteiger partial charge in [0.1, 0.15) is 11.5 Å². The Morgan fingerprint density at radius 2 is 2.47 bits per heavy atom. The van der Waals surface area contributed by atoms with Crippen LogP contribution in [-0.2, 0) is 6.42 Å². The Labute approximate surface area is 102 Å². The lowest BCUT2D eigenvalue weighted by molar-refractivity contribution is 0.111. The predicted octanol–water partition coefficient (Wildman–Crippen LogP) is 2.15. The predicted molar refractivity (Wildman–Crippen MR) is 65.0 cm³/mol. The third kappa shape index (κ3) is 3.16. The van der Waals surface area contributed by atoms with E-state index >= 15 is 0 Å². The summed E-state index contributed by atoms with van der Waals surface area (Å²) in [4.78, 5) is 13.0. The third-order valence-electron chi connectivity index (χ3n) is 3.47. The van der Waals surface area contributed by atoms with Crippen LogP contribution in [0.5, 0.6) is 0 Å². The zero-order valence-electron chi connectivity index (χ0n) is 10.6. The molecule has 2 heterocycles. The number of piperidine rings is 1. The average Bonchev–Trinajstić information content (AvgIpc) is 2.77. The highest BCUT2D eigenvalue weighted by Gasteiger charge is 2.22. The Balaban J connectivity index is 1.92. The number of aldehydes is 1. The fourth-order valence-electron chi connectivity index (χ4n) is 2.50. The Hall–Kier alpha value is -1.16. The molecule has 0 aromatic carbocycles. The van der Waals surface area contributed by atoms with Crippen LogP contribution in [0.1, 0.15) is 42.9 Å². The first kappa shape index (κ1) is 12.3. The number of rotatable bonds is 4. The SMILES string of the molecule is CC(C)N1CCCC(Cc2cc(C=O)no2)C1. The zero-order valence-corrected chi connectivity index (χ0v) is 10.6. The van der Waals surface area contributed by atoms with E-state index in [0.29, 0.717) is 17.7 Å². The second-order valence-corrected chi connectivity index (χ2v) is 5.14. The normalized spacial score (nSPS) is 21.9. The molecule has 1 unspecified atom stereocenters. The van der Waals surface area contributed by atoms with Crippen LogP contribution >= 0.6 is 0 Å². The molecule has 2 rings (SSSR count). The van der Waals surface area contributed by atoms with Gasteiger partial charge in [-0.3, -0.25) is 4.79 Å². The molecule has 1 atom stereocenters. The Morgan fingerprint density at radius 3 is 3.12 bits per heavy atom. The van der Waals surface area contributed by atoms with Crippen molar-refractivity contribution in [2.45, 2.75) is 39.2 Å². The van der Waals surface area contributed by atoms with Crippen molar-refractivity contribution < 1.29 is 9.32 Å². The first-order chi connectivity index (χ1) is 8.19. The molecule has 17 heavy (non-hydrogen) atoms. The Morgan fingerprint density at radius 1 is 1.65 bits per heavy atom. The van der Waals surface area contributed by atoms with Gasteiger partial charge in [-0.15, -0.1) is 0 Å². The second kappa shape index (κ2) is 5.45. The highest BCUT2D eigenvalue weighted by atomic mass is 16.5. The van der Waals surface area contributed by atoms with E-state index in [2.05, 4.69) is 23.9 Å². The molecule has 0 amide bonds. The van der Waals surface area contributed by atoms with Crippen LogP contribution in [0.2, 0.25) is 0 Å². The minimum absolute atomic E-state index is 0.400. The van der Waals surface area contributed by atoms with Gasteiger partial charge in [-0.25, -0.2) is 0 Å². The van der Waals surface area contributed by atoms with Crippen LogP contribution in [0, 0.1) is 5.92 Å². The van der Waals surface area contributed by atoms with Gasteiger partial charge in [-0.1, -0.05) is 5.16 Å². The summed E-state index contributed by atoms with van der Waals surface area (Å²) in [5.74, 6) is 1.46. The summed E-state index contributed by atoms with van der Waals surface area (Å²) in [6, 6.07) is 2.36. The molecule has 4 heteroatoms. The van der Waals surface area contributed by atoms with E-state index in [0.717, 1.165) is 25.0 Å². The monoisotopic (exact) mass is 236 g/mol. The van der Waals surface area contributed by atoms with Crippen LogP contribution in [-0.4, -0.2) is 35.5 Å². The minimum atomic E-state index is 0.400. The Kier molecular flexibility index (Phi) is 3.94. The van der Waals surface area contributed by atoms with Crippen molar-refractivity contribution in [1.29, 1.82) is 0 Å². The van der Waals surface area contributed by atoms with Gasteiger partial charge >= 0.3 is 0 Å². The maximum absolute atomic E-state index is 10.5. The molecule has 4 nitrogen and oxygen atoms in total. The topological polar surface area (TPSA) is 46.3 Å². The molecule has 1 aliphatic rings. The molecule has 0 radical (unpaired) electrons. The quantitative estimate of drug-likeness (QED) is 0.751. The summed E-state index contributed by atoms with van der Waals surface area (Å²) in [5, 5.41) is 3.70.